The molecule has 0 aliphatic rings. The summed E-state index contributed by atoms with van der Waals surface area (Å²) in [5.41, 5.74) is 3.31. The number of amides is 1. The summed E-state index contributed by atoms with van der Waals surface area (Å²) in [6, 6.07) is 19.0. The second kappa shape index (κ2) is 7.78. The van der Waals surface area contributed by atoms with Gasteiger partial charge >= 0.3 is 0 Å². The zero-order valence-corrected chi connectivity index (χ0v) is 16.4. The number of aryl methyl sites for hydroxylation is 1. The number of aromatic nitrogens is 2. The summed E-state index contributed by atoms with van der Waals surface area (Å²) >= 11 is 1.47. The molecule has 0 fully saturated rings. The molecule has 140 valence electrons. The molecule has 0 spiro atoms. The monoisotopic (exact) mass is 389 g/mol. The molecule has 28 heavy (non-hydrogen) atoms. The molecule has 2 aromatic carbocycles. The first-order valence-electron chi connectivity index (χ1n) is 8.87. The average Bonchev–Trinajstić information content (AvgIpc) is 3.15. The maximum atomic E-state index is 13.3. The highest BCUT2D eigenvalue weighted by Gasteiger charge is 2.22. The van der Waals surface area contributed by atoms with Crippen molar-refractivity contribution in [3.63, 3.8) is 0 Å². The summed E-state index contributed by atoms with van der Waals surface area (Å²) in [7, 11) is 1.64. The summed E-state index contributed by atoms with van der Waals surface area (Å²) in [4.78, 5) is 24.1. The van der Waals surface area contributed by atoms with Gasteiger partial charge in [0, 0.05) is 11.8 Å². The number of carbonyl (C=O) groups excluding carboxylic acids is 1. The van der Waals surface area contributed by atoms with E-state index >= 15 is 0 Å². The first-order chi connectivity index (χ1) is 13.6. The van der Waals surface area contributed by atoms with Crippen LogP contribution >= 0.6 is 11.3 Å². The molecule has 0 aliphatic heterocycles. The van der Waals surface area contributed by atoms with Crippen molar-refractivity contribution in [2.75, 3.05) is 12.0 Å². The van der Waals surface area contributed by atoms with Gasteiger partial charge in [-0.1, -0.05) is 35.1 Å². The number of carbonyl (C=O) groups is 1. The normalized spacial score (nSPS) is 10.8. The fourth-order valence-corrected chi connectivity index (χ4v) is 3.94. The Morgan fingerprint density at radius 2 is 2.00 bits per heavy atom. The van der Waals surface area contributed by atoms with E-state index in [0.29, 0.717) is 17.2 Å². The van der Waals surface area contributed by atoms with E-state index in [1.807, 2.05) is 67.6 Å². The van der Waals surface area contributed by atoms with Gasteiger partial charge in [0.05, 0.1) is 29.6 Å². The number of nitrogens with zero attached hydrogens (tertiary/aromatic N) is 3. The number of rotatable bonds is 5. The Bertz CT molecular complexity index is 1130. The zero-order valence-electron chi connectivity index (χ0n) is 15.6. The van der Waals surface area contributed by atoms with Crippen molar-refractivity contribution in [1.29, 1.82) is 0 Å². The summed E-state index contributed by atoms with van der Waals surface area (Å²) in [5.74, 6) is 0.671. The maximum Gasteiger partial charge on any atom is 0.260 e. The van der Waals surface area contributed by atoms with Gasteiger partial charge in [-0.15, -0.1) is 0 Å². The SMILES string of the molecule is COc1ccc2nc(N(Cc3ccccn3)C(=O)c3cccc(C)c3)sc2c1. The minimum atomic E-state index is -0.0969. The maximum absolute atomic E-state index is 13.3. The Labute approximate surface area is 167 Å². The lowest BCUT2D eigenvalue weighted by molar-refractivity contribution is 0.0984. The highest BCUT2D eigenvalue weighted by atomic mass is 32.1. The number of methoxy groups -OCH3 is 1. The predicted molar refractivity (Wildman–Crippen MR) is 112 cm³/mol. The zero-order chi connectivity index (χ0) is 19.5. The summed E-state index contributed by atoms with van der Waals surface area (Å²) in [5, 5.41) is 0.639. The van der Waals surface area contributed by atoms with Gasteiger partial charge in [-0.3, -0.25) is 14.7 Å². The van der Waals surface area contributed by atoms with Crippen molar-refractivity contribution in [2.24, 2.45) is 0 Å². The Morgan fingerprint density at radius 1 is 1.11 bits per heavy atom. The van der Waals surface area contributed by atoms with Crippen LogP contribution in [-0.2, 0) is 6.54 Å². The molecule has 0 radical (unpaired) electrons. The molecule has 0 saturated carbocycles. The smallest absolute Gasteiger partial charge is 0.260 e. The molecule has 2 heterocycles. The van der Waals surface area contributed by atoms with Gasteiger partial charge in [0.15, 0.2) is 5.13 Å². The van der Waals surface area contributed by atoms with E-state index in [2.05, 4.69) is 4.98 Å². The molecule has 0 atom stereocenters. The number of ether oxygens (including phenoxy) is 1. The first kappa shape index (κ1) is 18.1. The lowest BCUT2D eigenvalue weighted by Crippen LogP contribution is -2.30. The molecule has 1 amide bonds. The minimum Gasteiger partial charge on any atom is -0.497 e. The second-order valence-electron chi connectivity index (χ2n) is 6.41. The van der Waals surface area contributed by atoms with Gasteiger partial charge in [0.25, 0.3) is 5.91 Å². The number of thiazole rings is 1. The fraction of sp³-hybridized carbons (Fsp3) is 0.136. The molecule has 0 saturated heterocycles. The molecular formula is C22H19N3O2S. The van der Waals surface area contributed by atoms with Gasteiger partial charge in [-0.2, -0.15) is 0 Å². The van der Waals surface area contributed by atoms with E-state index in [0.717, 1.165) is 27.2 Å². The Balaban J connectivity index is 1.77. The van der Waals surface area contributed by atoms with Crippen LogP contribution in [0.2, 0.25) is 0 Å². The fourth-order valence-electron chi connectivity index (χ4n) is 2.95. The van der Waals surface area contributed by atoms with E-state index < -0.39 is 0 Å². The number of benzene rings is 2. The van der Waals surface area contributed by atoms with Crippen LogP contribution in [0.5, 0.6) is 5.75 Å². The molecule has 0 aliphatic carbocycles. The quantitative estimate of drug-likeness (QED) is 0.489. The second-order valence-corrected chi connectivity index (χ2v) is 7.42. The van der Waals surface area contributed by atoms with Gasteiger partial charge < -0.3 is 4.74 Å². The van der Waals surface area contributed by atoms with E-state index in [1.165, 1.54) is 11.3 Å². The summed E-state index contributed by atoms with van der Waals surface area (Å²) in [6.07, 6.45) is 1.73. The third kappa shape index (κ3) is 3.73. The van der Waals surface area contributed by atoms with Gasteiger partial charge in [-0.05, 0) is 49.4 Å². The van der Waals surface area contributed by atoms with E-state index in [1.54, 1.807) is 18.2 Å². The molecule has 4 rings (SSSR count). The first-order valence-corrected chi connectivity index (χ1v) is 9.69. The number of fused-ring (bicyclic) bond motifs is 1. The number of hydrogen-bond donors (Lipinski definition) is 0. The van der Waals surface area contributed by atoms with Crippen molar-refractivity contribution >= 4 is 32.6 Å². The highest BCUT2D eigenvalue weighted by Crippen LogP contribution is 2.33. The van der Waals surface area contributed by atoms with Crippen LogP contribution in [-0.4, -0.2) is 23.0 Å². The van der Waals surface area contributed by atoms with Crippen molar-refractivity contribution in [2.45, 2.75) is 13.5 Å². The summed E-state index contributed by atoms with van der Waals surface area (Å²) in [6.45, 7) is 2.33. The molecule has 0 unspecified atom stereocenters. The number of hydrogen-bond acceptors (Lipinski definition) is 5. The molecule has 6 heteroatoms. The van der Waals surface area contributed by atoms with Crippen LogP contribution < -0.4 is 9.64 Å². The highest BCUT2D eigenvalue weighted by molar-refractivity contribution is 7.22. The molecule has 4 aromatic rings. The number of pyridine rings is 1. The van der Waals surface area contributed by atoms with Crippen LogP contribution in [0.15, 0.2) is 66.9 Å². The van der Waals surface area contributed by atoms with Crippen molar-refractivity contribution < 1.29 is 9.53 Å². The molecule has 2 aromatic heterocycles. The van der Waals surface area contributed by atoms with Gasteiger partial charge in [-0.25, -0.2) is 4.98 Å². The largest absolute Gasteiger partial charge is 0.497 e. The van der Waals surface area contributed by atoms with E-state index in [4.69, 9.17) is 9.72 Å². The standard InChI is InChI=1S/C22H19N3O2S/c1-15-6-5-7-16(12-15)21(26)25(14-17-8-3-4-11-23-17)22-24-19-10-9-18(27-2)13-20(19)28-22/h3-13H,14H2,1-2H3. The Kier molecular flexibility index (Phi) is 5.04. The predicted octanol–water partition coefficient (Wildman–Crippen LogP) is 4.86. The molecular weight excluding hydrogens is 370 g/mol. The third-order valence-electron chi connectivity index (χ3n) is 4.37. The van der Waals surface area contributed by atoms with Crippen LogP contribution in [0.3, 0.4) is 0 Å². The van der Waals surface area contributed by atoms with Crippen LogP contribution in [0.4, 0.5) is 5.13 Å². The Hall–Kier alpha value is -3.25. The Morgan fingerprint density at radius 3 is 2.75 bits per heavy atom. The average molecular weight is 389 g/mol. The molecule has 0 N–H and O–H groups in total. The van der Waals surface area contributed by atoms with Crippen molar-refractivity contribution in [3.8, 4) is 5.75 Å². The van der Waals surface area contributed by atoms with E-state index in [-0.39, 0.29) is 5.91 Å². The van der Waals surface area contributed by atoms with Gasteiger partial charge in [0.1, 0.15) is 5.75 Å². The van der Waals surface area contributed by atoms with Crippen LogP contribution in [0.25, 0.3) is 10.2 Å². The third-order valence-corrected chi connectivity index (χ3v) is 5.41. The summed E-state index contributed by atoms with van der Waals surface area (Å²) < 4.78 is 6.28. The number of anilines is 1. The minimum absolute atomic E-state index is 0.0969. The lowest BCUT2D eigenvalue weighted by Gasteiger charge is -2.19. The lowest BCUT2D eigenvalue weighted by atomic mass is 10.1. The van der Waals surface area contributed by atoms with Crippen molar-refractivity contribution in [3.05, 3.63) is 83.7 Å². The topological polar surface area (TPSA) is 55.3 Å². The van der Waals surface area contributed by atoms with E-state index in [9.17, 15) is 4.79 Å². The van der Waals surface area contributed by atoms with Crippen LogP contribution in [0, 0.1) is 6.92 Å². The van der Waals surface area contributed by atoms with Gasteiger partial charge in [0.2, 0.25) is 0 Å². The van der Waals surface area contributed by atoms with Crippen LogP contribution in [0.1, 0.15) is 21.6 Å². The van der Waals surface area contributed by atoms with Crippen molar-refractivity contribution in [1.82, 2.24) is 9.97 Å². The molecule has 0 bridgehead atoms. The molecule has 5 nitrogen and oxygen atoms in total.